The molecule has 22 heavy (non-hydrogen) atoms. The third kappa shape index (κ3) is 3.91. The molecule has 116 valence electrons. The summed E-state index contributed by atoms with van der Waals surface area (Å²) in [6, 6.07) is 7.56. The van der Waals surface area contributed by atoms with Gasteiger partial charge in [0.05, 0.1) is 12.5 Å². The predicted molar refractivity (Wildman–Crippen MR) is 86.1 cm³/mol. The first-order valence-electron chi connectivity index (χ1n) is 7.24. The van der Waals surface area contributed by atoms with E-state index in [0.717, 1.165) is 10.0 Å². The number of carbonyl (C=O) groups is 3. The zero-order valence-corrected chi connectivity index (χ0v) is 13.9. The molecule has 1 aliphatic rings. The Balaban J connectivity index is 2.17. The maximum atomic E-state index is 12.4. The Morgan fingerprint density at radius 1 is 1.32 bits per heavy atom. The number of hydrogen-bond acceptors (Lipinski definition) is 4. The van der Waals surface area contributed by atoms with Crippen molar-refractivity contribution in [3.63, 3.8) is 0 Å². The minimum absolute atomic E-state index is 0.132. The van der Waals surface area contributed by atoms with E-state index in [2.05, 4.69) is 15.9 Å². The first kappa shape index (κ1) is 16.6. The summed E-state index contributed by atoms with van der Waals surface area (Å²) in [5.74, 6) is -2.79. The summed E-state index contributed by atoms with van der Waals surface area (Å²) in [6.07, 6.45) is 3.54. The third-order valence-electron chi connectivity index (χ3n) is 3.58. The Morgan fingerprint density at radius 2 is 2.00 bits per heavy atom. The molecule has 0 N–H and O–H groups in total. The molecule has 0 amide bonds. The van der Waals surface area contributed by atoms with Gasteiger partial charge in [-0.3, -0.25) is 9.59 Å². The number of carbonyl (C=O) groups excluding carboxylic acids is 3. The fraction of sp³-hybridized carbons (Fsp3) is 0.353. The van der Waals surface area contributed by atoms with Gasteiger partial charge in [-0.15, -0.1) is 0 Å². The summed E-state index contributed by atoms with van der Waals surface area (Å²) in [4.78, 5) is 36.0. The molecule has 1 fully saturated rings. The van der Waals surface area contributed by atoms with E-state index >= 15 is 0 Å². The van der Waals surface area contributed by atoms with E-state index in [9.17, 15) is 14.4 Å². The van der Waals surface area contributed by atoms with E-state index in [1.165, 1.54) is 0 Å². The Hall–Kier alpha value is -1.75. The van der Waals surface area contributed by atoms with Crippen LogP contribution in [0.25, 0.3) is 6.08 Å². The number of halogens is 1. The maximum absolute atomic E-state index is 12.4. The summed E-state index contributed by atoms with van der Waals surface area (Å²) >= 11 is 3.36. The molecule has 0 aromatic heterocycles. The molecule has 0 bridgehead atoms. The molecular formula is C17H17BrO4. The molecule has 1 unspecified atom stereocenters. The Bertz CT molecular complexity index is 616. The van der Waals surface area contributed by atoms with E-state index in [4.69, 9.17) is 4.74 Å². The SMILES string of the molecule is CCOC(=O)C(=O)C1CCC/C(=C\c2ccc(Br)cc2)C1=O. The zero-order valence-electron chi connectivity index (χ0n) is 12.3. The molecule has 1 aliphatic carbocycles. The minimum Gasteiger partial charge on any atom is -0.460 e. The Labute approximate surface area is 137 Å². The number of ether oxygens (including phenoxy) is 1. The smallest absolute Gasteiger partial charge is 0.375 e. The molecule has 0 radical (unpaired) electrons. The van der Waals surface area contributed by atoms with Crippen LogP contribution >= 0.6 is 15.9 Å². The topological polar surface area (TPSA) is 60.4 Å². The van der Waals surface area contributed by atoms with Crippen molar-refractivity contribution in [3.8, 4) is 0 Å². The number of allylic oxidation sites excluding steroid dienone is 1. The molecule has 1 aromatic rings. The first-order chi connectivity index (χ1) is 10.5. The van der Waals surface area contributed by atoms with E-state index in [-0.39, 0.29) is 12.4 Å². The summed E-state index contributed by atoms with van der Waals surface area (Å²) in [6.45, 7) is 1.76. The lowest BCUT2D eigenvalue weighted by atomic mass is 9.81. The maximum Gasteiger partial charge on any atom is 0.375 e. The second-order valence-corrected chi connectivity index (χ2v) is 6.03. The lowest BCUT2D eigenvalue weighted by Gasteiger charge is -2.21. The number of Topliss-reactive ketones (excluding diaryl/α,β-unsaturated/α-hetero) is 2. The summed E-state index contributed by atoms with van der Waals surface area (Å²) < 4.78 is 5.66. The highest BCUT2D eigenvalue weighted by atomic mass is 79.9. The molecule has 4 nitrogen and oxygen atoms in total. The predicted octanol–water partition coefficient (Wildman–Crippen LogP) is 3.33. The van der Waals surface area contributed by atoms with Gasteiger partial charge in [-0.25, -0.2) is 4.79 Å². The van der Waals surface area contributed by atoms with Crippen molar-refractivity contribution in [3.05, 3.63) is 39.9 Å². The van der Waals surface area contributed by atoms with Crippen molar-refractivity contribution in [2.75, 3.05) is 6.61 Å². The minimum atomic E-state index is -0.911. The van der Waals surface area contributed by atoms with Crippen molar-refractivity contribution in [1.29, 1.82) is 0 Å². The number of esters is 1. The van der Waals surface area contributed by atoms with E-state index in [1.807, 2.05) is 24.3 Å². The molecule has 1 saturated carbocycles. The lowest BCUT2D eigenvalue weighted by molar-refractivity contribution is -0.156. The van der Waals surface area contributed by atoms with Crippen LogP contribution in [0.1, 0.15) is 31.7 Å². The second-order valence-electron chi connectivity index (χ2n) is 5.11. The summed E-state index contributed by atoms with van der Waals surface area (Å²) in [7, 11) is 0. The van der Waals surface area contributed by atoms with Gasteiger partial charge in [0.2, 0.25) is 0 Å². The van der Waals surface area contributed by atoms with Crippen molar-refractivity contribution < 1.29 is 19.1 Å². The van der Waals surface area contributed by atoms with Crippen molar-refractivity contribution in [2.24, 2.45) is 5.92 Å². The van der Waals surface area contributed by atoms with Gasteiger partial charge in [0.15, 0.2) is 5.78 Å². The highest BCUT2D eigenvalue weighted by molar-refractivity contribution is 9.10. The van der Waals surface area contributed by atoms with Gasteiger partial charge < -0.3 is 4.74 Å². The number of ketones is 2. The van der Waals surface area contributed by atoms with Crippen LogP contribution in [0.5, 0.6) is 0 Å². The molecule has 0 heterocycles. The normalized spacial score (nSPS) is 20.0. The largest absolute Gasteiger partial charge is 0.460 e. The number of benzene rings is 1. The quantitative estimate of drug-likeness (QED) is 0.355. The fourth-order valence-electron chi connectivity index (χ4n) is 2.47. The molecule has 1 atom stereocenters. The van der Waals surface area contributed by atoms with Crippen molar-refractivity contribution in [1.82, 2.24) is 0 Å². The monoisotopic (exact) mass is 364 g/mol. The lowest BCUT2D eigenvalue weighted by Crippen LogP contribution is -2.34. The average Bonchev–Trinajstić information content (AvgIpc) is 2.51. The van der Waals surface area contributed by atoms with Crippen LogP contribution in [0.15, 0.2) is 34.3 Å². The summed E-state index contributed by atoms with van der Waals surface area (Å²) in [5, 5.41) is 0. The summed E-state index contributed by atoms with van der Waals surface area (Å²) in [5.41, 5.74) is 1.49. The van der Waals surface area contributed by atoms with Crippen LogP contribution in [-0.2, 0) is 19.1 Å². The van der Waals surface area contributed by atoms with Gasteiger partial charge in [-0.2, -0.15) is 0 Å². The van der Waals surface area contributed by atoms with Crippen molar-refractivity contribution in [2.45, 2.75) is 26.2 Å². The molecule has 0 aliphatic heterocycles. The van der Waals surface area contributed by atoms with Crippen molar-refractivity contribution >= 4 is 39.5 Å². The van der Waals surface area contributed by atoms with Gasteiger partial charge in [0.1, 0.15) is 0 Å². The standard InChI is InChI=1S/C17H17BrO4/c1-2-22-17(21)16(20)14-5-3-4-12(15(14)19)10-11-6-8-13(18)9-7-11/h6-10,14H,2-5H2,1H3/b12-10+. The molecular weight excluding hydrogens is 348 g/mol. The van der Waals surface area contributed by atoms with Crippen LogP contribution in [0.3, 0.4) is 0 Å². The van der Waals surface area contributed by atoms with Gasteiger partial charge in [-0.1, -0.05) is 28.1 Å². The Kier molecular flexibility index (Phi) is 5.66. The zero-order chi connectivity index (χ0) is 16.1. The Morgan fingerprint density at radius 3 is 2.64 bits per heavy atom. The van der Waals surface area contributed by atoms with E-state index in [0.29, 0.717) is 24.8 Å². The van der Waals surface area contributed by atoms with Crippen LogP contribution in [0.2, 0.25) is 0 Å². The average molecular weight is 365 g/mol. The van der Waals surface area contributed by atoms with Crippen LogP contribution in [0.4, 0.5) is 0 Å². The number of rotatable bonds is 4. The van der Waals surface area contributed by atoms with Crippen LogP contribution in [0, 0.1) is 5.92 Å². The molecule has 2 rings (SSSR count). The van der Waals surface area contributed by atoms with E-state index < -0.39 is 17.7 Å². The van der Waals surface area contributed by atoms with Crippen LogP contribution < -0.4 is 0 Å². The molecule has 0 spiro atoms. The van der Waals surface area contributed by atoms with Gasteiger partial charge in [0, 0.05) is 4.47 Å². The fourth-order valence-corrected chi connectivity index (χ4v) is 2.74. The van der Waals surface area contributed by atoms with Crippen LogP contribution in [-0.4, -0.2) is 24.1 Å². The van der Waals surface area contributed by atoms with Gasteiger partial charge >= 0.3 is 5.97 Å². The van der Waals surface area contributed by atoms with Gasteiger partial charge in [0.25, 0.3) is 5.78 Å². The number of hydrogen-bond donors (Lipinski definition) is 0. The second kappa shape index (κ2) is 7.49. The first-order valence-corrected chi connectivity index (χ1v) is 8.03. The third-order valence-corrected chi connectivity index (χ3v) is 4.10. The highest BCUT2D eigenvalue weighted by Gasteiger charge is 2.36. The molecule has 5 heteroatoms. The van der Waals surface area contributed by atoms with Gasteiger partial charge in [-0.05, 0) is 55.5 Å². The molecule has 1 aromatic carbocycles. The molecule has 0 saturated heterocycles. The van der Waals surface area contributed by atoms with E-state index in [1.54, 1.807) is 13.0 Å². The highest BCUT2D eigenvalue weighted by Crippen LogP contribution is 2.28.